The van der Waals surface area contributed by atoms with Gasteiger partial charge in [-0.2, -0.15) is 10.3 Å². The first-order valence-electron chi connectivity index (χ1n) is 6.64. The number of hydrogen-bond acceptors (Lipinski definition) is 4. The van der Waals surface area contributed by atoms with E-state index in [4.69, 9.17) is 10.00 Å². The zero-order valence-corrected chi connectivity index (χ0v) is 11.6. The largest absolute Gasteiger partial charge is 0.453 e. The summed E-state index contributed by atoms with van der Waals surface area (Å²) < 4.78 is 7.67. The third kappa shape index (κ3) is 2.84. The van der Waals surface area contributed by atoms with Crippen molar-refractivity contribution in [1.29, 1.82) is 5.26 Å². The zero-order valence-electron chi connectivity index (χ0n) is 11.6. The van der Waals surface area contributed by atoms with Crippen molar-refractivity contribution in [2.75, 3.05) is 6.54 Å². The van der Waals surface area contributed by atoms with Crippen LogP contribution in [0.4, 0.5) is 0 Å². The minimum absolute atomic E-state index is 0.134. The highest BCUT2D eigenvalue weighted by molar-refractivity contribution is 5.76. The number of hydrogen-bond donors (Lipinski definition) is 0. The van der Waals surface area contributed by atoms with Crippen LogP contribution in [0.15, 0.2) is 58.6 Å². The molecule has 21 heavy (non-hydrogen) atoms. The highest BCUT2D eigenvalue weighted by Crippen LogP contribution is 2.23. The molecular weight excluding hydrogens is 264 g/mol. The monoisotopic (exact) mass is 278 g/mol. The van der Waals surface area contributed by atoms with Crippen molar-refractivity contribution in [1.82, 2.24) is 4.57 Å². The van der Waals surface area contributed by atoms with Gasteiger partial charge in [-0.25, -0.2) is 4.99 Å². The molecule has 1 aliphatic rings. The lowest BCUT2D eigenvalue weighted by molar-refractivity contribution is 0.226. The van der Waals surface area contributed by atoms with Crippen molar-refractivity contribution >= 4 is 6.02 Å². The molecule has 5 nitrogen and oxygen atoms in total. The quantitative estimate of drug-likeness (QED) is 0.800. The van der Waals surface area contributed by atoms with E-state index in [1.54, 1.807) is 12.1 Å². The highest BCUT2D eigenvalue weighted by atomic mass is 16.5. The molecule has 2 heterocycles. The van der Waals surface area contributed by atoms with E-state index in [0.717, 1.165) is 11.1 Å². The third-order valence-corrected chi connectivity index (χ3v) is 3.29. The van der Waals surface area contributed by atoms with E-state index in [9.17, 15) is 0 Å². The molecule has 5 heteroatoms. The number of aromatic nitrogens is 1. The molecular formula is C16H14N4O. The van der Waals surface area contributed by atoms with Crippen LogP contribution in [-0.4, -0.2) is 17.1 Å². The van der Waals surface area contributed by atoms with E-state index in [-0.39, 0.29) is 6.10 Å². The van der Waals surface area contributed by atoms with Crippen LogP contribution in [0.2, 0.25) is 0 Å². The maximum absolute atomic E-state index is 8.80. The minimum Gasteiger partial charge on any atom is -0.453 e. The standard InChI is InChI=1S/C16H14N4O/c1-20-9-3-2-4-15(20)19-16-18-11-14(21-16)13-7-5-12(10-17)6-8-13/h2-9,14H,11H2,1H3/b19-15+. The van der Waals surface area contributed by atoms with Gasteiger partial charge in [-0.05, 0) is 29.8 Å². The zero-order chi connectivity index (χ0) is 14.7. The average Bonchev–Trinajstić information content (AvgIpc) is 2.98. The van der Waals surface area contributed by atoms with E-state index in [0.29, 0.717) is 18.1 Å². The lowest BCUT2D eigenvalue weighted by Crippen LogP contribution is -2.18. The molecule has 1 aromatic carbocycles. The summed E-state index contributed by atoms with van der Waals surface area (Å²) in [6.07, 6.45) is 1.79. The molecule has 1 aliphatic heterocycles. The van der Waals surface area contributed by atoms with E-state index < -0.39 is 0 Å². The Bertz CT molecular complexity index is 781. The van der Waals surface area contributed by atoms with Gasteiger partial charge in [0.2, 0.25) is 0 Å². The summed E-state index contributed by atoms with van der Waals surface area (Å²) in [5, 5.41) is 8.80. The van der Waals surface area contributed by atoms with E-state index in [1.807, 2.05) is 48.1 Å². The van der Waals surface area contributed by atoms with Crippen LogP contribution in [0, 0.1) is 11.3 Å². The van der Waals surface area contributed by atoms with Gasteiger partial charge in [0.1, 0.15) is 11.6 Å². The van der Waals surface area contributed by atoms with Crippen molar-refractivity contribution in [3.05, 3.63) is 65.3 Å². The van der Waals surface area contributed by atoms with Crippen LogP contribution in [0.5, 0.6) is 0 Å². The SMILES string of the molecule is Cn1cccc/c1=N\C1=NCC(c2ccc(C#N)cc2)O1. The summed E-state index contributed by atoms with van der Waals surface area (Å²) in [7, 11) is 1.92. The van der Waals surface area contributed by atoms with E-state index in [1.165, 1.54) is 0 Å². The Hall–Kier alpha value is -2.87. The van der Waals surface area contributed by atoms with Crippen molar-refractivity contribution in [2.45, 2.75) is 6.10 Å². The van der Waals surface area contributed by atoms with Crippen LogP contribution < -0.4 is 5.49 Å². The van der Waals surface area contributed by atoms with Crippen LogP contribution in [-0.2, 0) is 11.8 Å². The molecule has 0 spiro atoms. The molecule has 1 unspecified atom stereocenters. The smallest absolute Gasteiger partial charge is 0.314 e. The van der Waals surface area contributed by atoms with Gasteiger partial charge in [-0.3, -0.25) is 0 Å². The van der Waals surface area contributed by atoms with Crippen LogP contribution in [0.1, 0.15) is 17.2 Å². The number of pyridine rings is 1. The number of amidine groups is 1. The Kier molecular flexibility index (Phi) is 3.52. The topological polar surface area (TPSA) is 62.7 Å². The number of nitrogens with zero attached hydrogens (tertiary/aromatic N) is 4. The highest BCUT2D eigenvalue weighted by Gasteiger charge is 2.21. The van der Waals surface area contributed by atoms with Gasteiger partial charge in [0.25, 0.3) is 0 Å². The van der Waals surface area contributed by atoms with Gasteiger partial charge in [0.15, 0.2) is 0 Å². The average molecular weight is 278 g/mol. The molecule has 3 rings (SSSR count). The van der Waals surface area contributed by atoms with Crippen LogP contribution in [0.3, 0.4) is 0 Å². The number of aryl methyl sites for hydroxylation is 1. The summed E-state index contributed by atoms with van der Waals surface area (Å²) in [5.74, 6) is 0. The van der Waals surface area contributed by atoms with Gasteiger partial charge < -0.3 is 9.30 Å². The molecule has 0 saturated heterocycles. The second-order valence-electron chi connectivity index (χ2n) is 4.75. The lowest BCUT2D eigenvalue weighted by atomic mass is 10.1. The maximum atomic E-state index is 8.80. The molecule has 0 N–H and O–H groups in total. The summed E-state index contributed by atoms with van der Waals surface area (Å²) in [4.78, 5) is 8.73. The van der Waals surface area contributed by atoms with Crippen LogP contribution in [0.25, 0.3) is 0 Å². The van der Waals surface area contributed by atoms with E-state index in [2.05, 4.69) is 16.1 Å². The summed E-state index contributed by atoms with van der Waals surface area (Å²) in [6.45, 7) is 0.543. The molecule has 1 aromatic heterocycles. The molecule has 0 fully saturated rings. The Morgan fingerprint density at radius 3 is 2.81 bits per heavy atom. The van der Waals surface area contributed by atoms with Gasteiger partial charge in [-0.15, -0.1) is 0 Å². The fourth-order valence-corrected chi connectivity index (χ4v) is 2.10. The number of rotatable bonds is 1. The van der Waals surface area contributed by atoms with Crippen molar-refractivity contribution in [3.8, 4) is 6.07 Å². The van der Waals surface area contributed by atoms with Gasteiger partial charge in [0, 0.05) is 13.2 Å². The van der Waals surface area contributed by atoms with Crippen molar-refractivity contribution in [3.63, 3.8) is 0 Å². The molecule has 0 amide bonds. The summed E-state index contributed by atoms with van der Waals surface area (Å²) >= 11 is 0. The van der Waals surface area contributed by atoms with Crippen LogP contribution >= 0.6 is 0 Å². The Labute approximate surface area is 122 Å². The van der Waals surface area contributed by atoms with Gasteiger partial charge in [0.05, 0.1) is 18.2 Å². The minimum atomic E-state index is -0.134. The first kappa shape index (κ1) is 13.1. The predicted octanol–water partition coefficient (Wildman–Crippen LogP) is 1.92. The van der Waals surface area contributed by atoms with Gasteiger partial charge >= 0.3 is 6.02 Å². The molecule has 0 aliphatic carbocycles. The second kappa shape index (κ2) is 5.63. The Morgan fingerprint density at radius 2 is 2.10 bits per heavy atom. The fraction of sp³-hybridized carbons (Fsp3) is 0.188. The summed E-state index contributed by atoms with van der Waals surface area (Å²) in [5.41, 5.74) is 2.43. The first-order chi connectivity index (χ1) is 10.3. The number of benzene rings is 1. The Morgan fingerprint density at radius 1 is 1.29 bits per heavy atom. The summed E-state index contributed by atoms with van der Waals surface area (Å²) in [6, 6.07) is 15.6. The van der Waals surface area contributed by atoms with Crippen molar-refractivity contribution in [2.24, 2.45) is 17.0 Å². The molecule has 2 aromatic rings. The third-order valence-electron chi connectivity index (χ3n) is 3.29. The number of nitriles is 1. The predicted molar refractivity (Wildman–Crippen MR) is 78.3 cm³/mol. The Balaban J connectivity index is 1.77. The first-order valence-corrected chi connectivity index (χ1v) is 6.64. The second-order valence-corrected chi connectivity index (χ2v) is 4.75. The normalized spacial score (nSPS) is 18.0. The fourth-order valence-electron chi connectivity index (χ4n) is 2.10. The number of aliphatic imine (C=N–C) groups is 1. The molecule has 1 atom stereocenters. The molecule has 0 bridgehead atoms. The molecule has 0 radical (unpaired) electrons. The maximum Gasteiger partial charge on any atom is 0.314 e. The van der Waals surface area contributed by atoms with E-state index >= 15 is 0 Å². The lowest BCUT2D eigenvalue weighted by Gasteiger charge is -2.09. The van der Waals surface area contributed by atoms with Crippen molar-refractivity contribution < 1.29 is 4.74 Å². The number of ether oxygens (including phenoxy) is 1. The van der Waals surface area contributed by atoms with Gasteiger partial charge in [-0.1, -0.05) is 18.2 Å². The molecule has 104 valence electrons. The molecule has 0 saturated carbocycles.